The van der Waals surface area contributed by atoms with Gasteiger partial charge in [-0.05, 0) is 40.5 Å². The van der Waals surface area contributed by atoms with Gasteiger partial charge in [-0.1, -0.05) is 0 Å². The Morgan fingerprint density at radius 1 is 1.26 bits per heavy atom. The van der Waals surface area contributed by atoms with Gasteiger partial charge in [-0.2, -0.15) is 0 Å². The van der Waals surface area contributed by atoms with Crippen LogP contribution in [0, 0.1) is 0 Å². The number of pyridine rings is 1. The number of rotatable bonds is 4. The van der Waals surface area contributed by atoms with E-state index >= 15 is 0 Å². The summed E-state index contributed by atoms with van der Waals surface area (Å²) < 4.78 is 0.993. The SMILES string of the molecule is O=C(O)CN1CCCN(Cc2cncc(Br)c2)CC1. The van der Waals surface area contributed by atoms with Crippen LogP contribution in [0.4, 0.5) is 0 Å². The van der Waals surface area contributed by atoms with Crippen molar-refractivity contribution in [2.24, 2.45) is 0 Å². The molecule has 1 N–H and O–H groups in total. The second kappa shape index (κ2) is 6.98. The zero-order valence-corrected chi connectivity index (χ0v) is 12.3. The van der Waals surface area contributed by atoms with Gasteiger partial charge in [0.15, 0.2) is 0 Å². The van der Waals surface area contributed by atoms with Crippen molar-refractivity contribution in [2.75, 3.05) is 32.7 Å². The van der Waals surface area contributed by atoms with Crippen molar-refractivity contribution in [3.8, 4) is 0 Å². The minimum Gasteiger partial charge on any atom is -0.480 e. The molecule has 0 radical (unpaired) electrons. The molecule has 0 aliphatic carbocycles. The zero-order valence-electron chi connectivity index (χ0n) is 10.8. The lowest BCUT2D eigenvalue weighted by molar-refractivity contribution is -0.138. The first-order valence-electron chi connectivity index (χ1n) is 6.39. The van der Waals surface area contributed by atoms with E-state index in [4.69, 9.17) is 5.11 Å². The quantitative estimate of drug-likeness (QED) is 0.906. The Hall–Kier alpha value is -0.980. The van der Waals surface area contributed by atoms with E-state index in [9.17, 15) is 4.79 Å². The van der Waals surface area contributed by atoms with E-state index in [1.165, 1.54) is 5.56 Å². The molecule has 1 aromatic rings. The maximum atomic E-state index is 10.7. The smallest absolute Gasteiger partial charge is 0.317 e. The lowest BCUT2D eigenvalue weighted by atomic mass is 10.2. The molecule has 0 atom stereocenters. The Morgan fingerprint density at radius 3 is 2.74 bits per heavy atom. The van der Waals surface area contributed by atoms with Crippen LogP contribution in [0.15, 0.2) is 22.9 Å². The number of carboxylic acid groups (broad SMARTS) is 1. The molecule has 1 aliphatic heterocycles. The third-order valence-electron chi connectivity index (χ3n) is 3.21. The Morgan fingerprint density at radius 2 is 2.00 bits per heavy atom. The van der Waals surface area contributed by atoms with Crippen LogP contribution < -0.4 is 0 Å². The van der Waals surface area contributed by atoms with Gasteiger partial charge in [0.05, 0.1) is 6.54 Å². The number of hydrogen-bond acceptors (Lipinski definition) is 4. The third-order valence-corrected chi connectivity index (χ3v) is 3.64. The van der Waals surface area contributed by atoms with Crippen molar-refractivity contribution in [1.82, 2.24) is 14.8 Å². The highest BCUT2D eigenvalue weighted by Gasteiger charge is 2.16. The van der Waals surface area contributed by atoms with Gasteiger partial charge in [-0.25, -0.2) is 0 Å². The summed E-state index contributed by atoms with van der Waals surface area (Å²) in [6.45, 7) is 4.59. The van der Waals surface area contributed by atoms with Gasteiger partial charge in [-0.3, -0.25) is 19.6 Å². The lowest BCUT2D eigenvalue weighted by Crippen LogP contribution is -2.34. The molecule has 19 heavy (non-hydrogen) atoms. The Labute approximate surface area is 121 Å². The maximum Gasteiger partial charge on any atom is 0.317 e. The number of carboxylic acids is 1. The largest absolute Gasteiger partial charge is 0.480 e. The summed E-state index contributed by atoms with van der Waals surface area (Å²) in [6.07, 6.45) is 4.67. The van der Waals surface area contributed by atoms with Crippen LogP contribution in [-0.4, -0.2) is 58.6 Å². The molecule has 1 aliphatic rings. The molecule has 0 saturated carbocycles. The summed E-state index contributed by atoms with van der Waals surface area (Å²) in [5.41, 5.74) is 1.18. The van der Waals surface area contributed by atoms with Crippen molar-refractivity contribution in [3.63, 3.8) is 0 Å². The molecule has 6 heteroatoms. The van der Waals surface area contributed by atoms with Crippen LogP contribution in [0.2, 0.25) is 0 Å². The highest BCUT2D eigenvalue weighted by atomic mass is 79.9. The van der Waals surface area contributed by atoms with E-state index in [2.05, 4.69) is 31.9 Å². The van der Waals surface area contributed by atoms with Crippen molar-refractivity contribution in [1.29, 1.82) is 0 Å². The summed E-state index contributed by atoms with van der Waals surface area (Å²) in [5.74, 6) is -0.746. The number of carbonyl (C=O) groups is 1. The number of halogens is 1. The van der Waals surface area contributed by atoms with E-state index in [0.29, 0.717) is 0 Å². The van der Waals surface area contributed by atoms with Crippen molar-refractivity contribution >= 4 is 21.9 Å². The van der Waals surface area contributed by atoms with Gasteiger partial charge >= 0.3 is 5.97 Å². The first kappa shape index (κ1) is 14.4. The maximum absolute atomic E-state index is 10.7. The molecule has 0 bridgehead atoms. The number of hydrogen-bond donors (Lipinski definition) is 1. The molecule has 0 aromatic carbocycles. The van der Waals surface area contributed by atoms with Gasteiger partial charge in [0, 0.05) is 43.0 Å². The molecule has 0 spiro atoms. The average Bonchev–Trinajstić information content (AvgIpc) is 2.54. The van der Waals surface area contributed by atoms with E-state index in [1.807, 2.05) is 11.1 Å². The van der Waals surface area contributed by atoms with E-state index in [1.54, 1.807) is 6.20 Å². The fourth-order valence-electron chi connectivity index (χ4n) is 2.33. The minimum atomic E-state index is -0.746. The fourth-order valence-corrected chi connectivity index (χ4v) is 2.74. The van der Waals surface area contributed by atoms with Crippen LogP contribution >= 0.6 is 15.9 Å². The molecular weight excluding hydrogens is 310 g/mol. The van der Waals surface area contributed by atoms with Crippen LogP contribution in [0.25, 0.3) is 0 Å². The van der Waals surface area contributed by atoms with Crippen molar-refractivity contribution in [2.45, 2.75) is 13.0 Å². The number of aliphatic carboxylic acids is 1. The van der Waals surface area contributed by atoms with Gasteiger partial charge in [0.2, 0.25) is 0 Å². The normalized spacial score (nSPS) is 18.2. The van der Waals surface area contributed by atoms with E-state index < -0.39 is 5.97 Å². The van der Waals surface area contributed by atoms with E-state index in [-0.39, 0.29) is 6.54 Å². The summed E-state index contributed by atoms with van der Waals surface area (Å²) in [5, 5.41) is 8.82. The summed E-state index contributed by atoms with van der Waals surface area (Å²) in [4.78, 5) is 19.2. The molecule has 0 unspecified atom stereocenters. The average molecular weight is 328 g/mol. The summed E-state index contributed by atoms with van der Waals surface area (Å²) in [6, 6.07) is 2.08. The molecule has 2 heterocycles. The summed E-state index contributed by atoms with van der Waals surface area (Å²) in [7, 11) is 0. The third kappa shape index (κ3) is 4.89. The molecule has 1 fully saturated rings. The zero-order chi connectivity index (χ0) is 13.7. The van der Waals surface area contributed by atoms with Crippen molar-refractivity contribution in [3.05, 3.63) is 28.5 Å². The number of aromatic nitrogens is 1. The van der Waals surface area contributed by atoms with Crippen LogP contribution in [-0.2, 0) is 11.3 Å². The first-order chi connectivity index (χ1) is 9.13. The fraction of sp³-hybridized carbons (Fsp3) is 0.538. The monoisotopic (exact) mass is 327 g/mol. The van der Waals surface area contributed by atoms with E-state index in [0.717, 1.165) is 43.6 Å². The van der Waals surface area contributed by atoms with Gasteiger partial charge in [-0.15, -0.1) is 0 Å². The first-order valence-corrected chi connectivity index (χ1v) is 7.19. The molecule has 1 aromatic heterocycles. The lowest BCUT2D eigenvalue weighted by Gasteiger charge is -2.20. The Kier molecular flexibility index (Phi) is 5.30. The second-order valence-corrected chi connectivity index (χ2v) is 5.73. The van der Waals surface area contributed by atoms with Crippen LogP contribution in [0.3, 0.4) is 0 Å². The molecule has 0 amide bonds. The minimum absolute atomic E-state index is 0.145. The molecule has 104 valence electrons. The van der Waals surface area contributed by atoms with Gasteiger partial charge in [0.25, 0.3) is 0 Å². The Bertz CT molecular complexity index is 442. The predicted octanol–water partition coefficient (Wildman–Crippen LogP) is 1.44. The molecule has 1 saturated heterocycles. The Balaban J connectivity index is 1.87. The van der Waals surface area contributed by atoms with Crippen molar-refractivity contribution < 1.29 is 9.90 Å². The molecular formula is C13H18BrN3O2. The molecule has 5 nitrogen and oxygen atoms in total. The second-order valence-electron chi connectivity index (χ2n) is 4.81. The number of nitrogens with zero attached hydrogens (tertiary/aromatic N) is 3. The van der Waals surface area contributed by atoms with Gasteiger partial charge in [0.1, 0.15) is 0 Å². The van der Waals surface area contributed by atoms with Crippen LogP contribution in [0.1, 0.15) is 12.0 Å². The predicted molar refractivity (Wildman–Crippen MR) is 75.9 cm³/mol. The topological polar surface area (TPSA) is 56.7 Å². The van der Waals surface area contributed by atoms with Gasteiger partial charge < -0.3 is 5.11 Å². The van der Waals surface area contributed by atoms with Crippen LogP contribution in [0.5, 0.6) is 0 Å². The highest BCUT2D eigenvalue weighted by Crippen LogP contribution is 2.13. The molecule has 2 rings (SSSR count). The summed E-state index contributed by atoms with van der Waals surface area (Å²) >= 11 is 3.42. The highest BCUT2D eigenvalue weighted by molar-refractivity contribution is 9.10. The standard InChI is InChI=1S/C13H18BrN3O2/c14-12-6-11(7-15-8-12)9-16-2-1-3-17(5-4-16)10-13(18)19/h6-8H,1-5,9-10H2,(H,18,19).